The Morgan fingerprint density at radius 3 is 2.19 bits per heavy atom. The first-order valence-corrected chi connectivity index (χ1v) is 8.26. The smallest absolute Gasteiger partial charge is 0.289 e. The molecule has 1 unspecified atom stereocenters. The fourth-order valence-electron chi connectivity index (χ4n) is 2.31. The van der Waals surface area contributed by atoms with E-state index in [2.05, 4.69) is 9.82 Å². The normalized spacial score (nSPS) is 12.8. The molecule has 1 aromatic heterocycles. The van der Waals surface area contributed by atoms with Crippen LogP contribution in [0.4, 0.5) is 23.2 Å². The van der Waals surface area contributed by atoms with Gasteiger partial charge in [-0.15, -0.1) is 0 Å². The molecule has 0 aliphatic carbocycles. The Balaban J connectivity index is 2.08. The molecule has 10 heteroatoms. The van der Waals surface area contributed by atoms with Crippen LogP contribution >= 0.6 is 0 Å². The molecule has 0 radical (unpaired) electrons. The second-order valence-corrected chi connectivity index (χ2v) is 5.93. The molecule has 3 rings (SSSR count). The third-order valence-electron chi connectivity index (χ3n) is 3.46. The number of rotatable bonds is 4. The van der Waals surface area contributed by atoms with E-state index in [-0.39, 0.29) is 5.69 Å². The molecule has 136 valence electrons. The van der Waals surface area contributed by atoms with Crippen LogP contribution in [0.15, 0.2) is 54.6 Å². The van der Waals surface area contributed by atoms with Crippen molar-refractivity contribution in [2.75, 3.05) is 4.72 Å². The molecule has 0 spiro atoms. The van der Waals surface area contributed by atoms with Crippen molar-refractivity contribution >= 4 is 17.0 Å². The molecule has 26 heavy (non-hydrogen) atoms. The average Bonchev–Trinajstić information content (AvgIpc) is 3.01. The topological polar surface area (TPSA) is 67.2 Å². The minimum Gasteiger partial charge on any atom is -0.289 e. The van der Waals surface area contributed by atoms with Crippen molar-refractivity contribution in [3.63, 3.8) is 0 Å². The maximum absolute atomic E-state index is 13.1. The van der Waals surface area contributed by atoms with Crippen molar-refractivity contribution in [3.05, 3.63) is 66.1 Å². The Morgan fingerprint density at radius 2 is 1.65 bits per heavy atom. The zero-order valence-corrected chi connectivity index (χ0v) is 13.7. The number of hydrogen-bond donors (Lipinski definition) is 2. The predicted octanol–water partition coefficient (Wildman–Crippen LogP) is 4.25. The highest BCUT2D eigenvalue weighted by atomic mass is 32.2. The van der Waals surface area contributed by atoms with E-state index in [1.807, 2.05) is 0 Å². The van der Waals surface area contributed by atoms with Crippen LogP contribution in [-0.2, 0) is 17.4 Å². The van der Waals surface area contributed by atoms with E-state index in [0.717, 1.165) is 22.9 Å². The molecule has 0 amide bonds. The number of alkyl halides is 3. The van der Waals surface area contributed by atoms with E-state index in [1.54, 1.807) is 0 Å². The second kappa shape index (κ2) is 6.89. The molecule has 1 heterocycles. The van der Waals surface area contributed by atoms with Gasteiger partial charge in [-0.1, -0.05) is 0 Å². The molecule has 0 aliphatic rings. The third-order valence-corrected chi connectivity index (χ3v) is 3.87. The van der Waals surface area contributed by atoms with Crippen LogP contribution in [0, 0.1) is 5.82 Å². The molecule has 0 bridgehead atoms. The van der Waals surface area contributed by atoms with E-state index < -0.39 is 29.0 Å². The lowest BCUT2D eigenvalue weighted by Crippen LogP contribution is -2.07. The Labute approximate surface area is 147 Å². The van der Waals surface area contributed by atoms with E-state index in [9.17, 15) is 21.8 Å². The number of benzene rings is 2. The first-order chi connectivity index (χ1) is 12.2. The van der Waals surface area contributed by atoms with Crippen molar-refractivity contribution in [2.45, 2.75) is 6.18 Å². The molecule has 2 aromatic carbocycles. The molecule has 2 N–H and O–H groups in total. The van der Waals surface area contributed by atoms with E-state index in [1.165, 1.54) is 36.4 Å². The van der Waals surface area contributed by atoms with Gasteiger partial charge in [0.25, 0.3) is 11.3 Å². The molecule has 5 nitrogen and oxygen atoms in total. The van der Waals surface area contributed by atoms with Gasteiger partial charge >= 0.3 is 6.18 Å². The summed E-state index contributed by atoms with van der Waals surface area (Å²) < 4.78 is 75.2. The van der Waals surface area contributed by atoms with Gasteiger partial charge in [0, 0.05) is 11.3 Å². The molecular weight excluding hydrogens is 374 g/mol. The minimum atomic E-state index is -4.64. The van der Waals surface area contributed by atoms with Crippen LogP contribution in [0.1, 0.15) is 5.69 Å². The van der Waals surface area contributed by atoms with Crippen molar-refractivity contribution in [1.82, 2.24) is 9.78 Å². The summed E-state index contributed by atoms with van der Waals surface area (Å²) in [5.41, 5.74) is 0.00235. The van der Waals surface area contributed by atoms with Crippen LogP contribution in [-0.4, -0.2) is 18.5 Å². The first-order valence-electron chi connectivity index (χ1n) is 7.15. The Bertz CT molecular complexity index is 938. The summed E-state index contributed by atoms with van der Waals surface area (Å²) in [5.74, 6) is -0.511. The maximum Gasteiger partial charge on any atom is 0.435 e. The fraction of sp³-hybridized carbons (Fsp3) is 0.0625. The molecular formula is C16H11F4N3O2S. The summed E-state index contributed by atoms with van der Waals surface area (Å²) in [5, 5.41) is 3.61. The van der Waals surface area contributed by atoms with Crippen molar-refractivity contribution < 1.29 is 26.3 Å². The summed E-state index contributed by atoms with van der Waals surface area (Å²) in [6.07, 6.45) is -4.64. The minimum absolute atomic E-state index is 0.128. The highest BCUT2D eigenvalue weighted by molar-refractivity contribution is 7.80. The summed E-state index contributed by atoms with van der Waals surface area (Å²) in [4.78, 5) is 0. The molecule has 0 saturated heterocycles. The zero-order valence-electron chi connectivity index (χ0n) is 12.9. The number of nitrogens with zero attached hydrogens (tertiary/aromatic N) is 2. The van der Waals surface area contributed by atoms with Crippen molar-refractivity contribution in [2.24, 2.45) is 0 Å². The van der Waals surface area contributed by atoms with Gasteiger partial charge in [-0.2, -0.15) is 18.3 Å². The van der Waals surface area contributed by atoms with Gasteiger partial charge < -0.3 is 0 Å². The Morgan fingerprint density at radius 1 is 1.04 bits per heavy atom. The van der Waals surface area contributed by atoms with Crippen LogP contribution < -0.4 is 4.72 Å². The Kier molecular flexibility index (Phi) is 4.79. The lowest BCUT2D eigenvalue weighted by atomic mass is 10.1. The highest BCUT2D eigenvalue weighted by Crippen LogP contribution is 2.33. The average molecular weight is 385 g/mol. The van der Waals surface area contributed by atoms with Crippen LogP contribution in [0.2, 0.25) is 0 Å². The maximum atomic E-state index is 13.1. The highest BCUT2D eigenvalue weighted by Gasteiger charge is 2.35. The van der Waals surface area contributed by atoms with E-state index >= 15 is 0 Å². The van der Waals surface area contributed by atoms with E-state index in [0.29, 0.717) is 16.9 Å². The first kappa shape index (κ1) is 18.1. The summed E-state index contributed by atoms with van der Waals surface area (Å²) in [7, 11) is 0. The molecule has 0 aliphatic heterocycles. The van der Waals surface area contributed by atoms with Crippen LogP contribution in [0.25, 0.3) is 16.9 Å². The number of hydrogen-bond acceptors (Lipinski definition) is 2. The standard InChI is InChI=1S/C16H11F4N3O2S/c17-11-3-1-10(2-4-11)14-9-15(16(18,19)20)21-23(14)13-7-5-12(6-8-13)22-26(24)25/h1-9,22H,(H,24,25). The van der Waals surface area contributed by atoms with Gasteiger partial charge in [0.2, 0.25) is 0 Å². The summed E-state index contributed by atoms with van der Waals surface area (Å²) in [6, 6.07) is 11.6. The SMILES string of the molecule is O=S(O)Nc1ccc(-n2nc(C(F)(F)F)cc2-c2ccc(F)cc2)cc1. The number of anilines is 1. The monoisotopic (exact) mass is 385 g/mol. The van der Waals surface area contributed by atoms with Gasteiger partial charge in [-0.3, -0.25) is 9.27 Å². The third kappa shape index (κ3) is 3.92. The molecule has 0 fully saturated rings. The zero-order chi connectivity index (χ0) is 18.9. The van der Waals surface area contributed by atoms with Gasteiger partial charge in [0.05, 0.1) is 11.4 Å². The van der Waals surface area contributed by atoms with Crippen LogP contribution in [0.3, 0.4) is 0 Å². The predicted molar refractivity (Wildman–Crippen MR) is 88.4 cm³/mol. The largest absolute Gasteiger partial charge is 0.435 e. The quantitative estimate of drug-likeness (QED) is 0.521. The number of aromatic nitrogens is 2. The van der Waals surface area contributed by atoms with Gasteiger partial charge in [-0.25, -0.2) is 13.3 Å². The fourth-order valence-corrected chi connectivity index (χ4v) is 2.65. The lowest BCUT2D eigenvalue weighted by Gasteiger charge is -2.09. The van der Waals surface area contributed by atoms with Crippen LogP contribution in [0.5, 0.6) is 0 Å². The van der Waals surface area contributed by atoms with Crippen molar-refractivity contribution in [1.29, 1.82) is 0 Å². The van der Waals surface area contributed by atoms with E-state index in [4.69, 9.17) is 4.55 Å². The van der Waals surface area contributed by atoms with Gasteiger partial charge in [0.15, 0.2) is 5.69 Å². The van der Waals surface area contributed by atoms with Crippen molar-refractivity contribution in [3.8, 4) is 16.9 Å². The summed E-state index contributed by atoms with van der Waals surface area (Å²) >= 11 is -2.27. The van der Waals surface area contributed by atoms with Gasteiger partial charge in [0.1, 0.15) is 5.82 Å². The lowest BCUT2D eigenvalue weighted by molar-refractivity contribution is -0.141. The Hall–Kier alpha value is -2.72. The molecule has 0 saturated carbocycles. The molecule has 1 atom stereocenters. The summed E-state index contributed by atoms with van der Waals surface area (Å²) in [6.45, 7) is 0. The number of nitrogens with one attached hydrogen (secondary N) is 1. The molecule has 3 aromatic rings. The number of halogens is 4. The second-order valence-electron chi connectivity index (χ2n) is 5.23. The van der Waals surface area contributed by atoms with Gasteiger partial charge in [-0.05, 0) is 54.6 Å².